The molecule has 0 aromatic carbocycles. The van der Waals surface area contributed by atoms with E-state index in [1.165, 1.54) is 0 Å². The van der Waals surface area contributed by atoms with Gasteiger partial charge in [0.05, 0.1) is 12.2 Å². The molecule has 0 unspecified atom stereocenters. The number of fused-ring (bicyclic) bond motifs is 1. The van der Waals surface area contributed by atoms with Gasteiger partial charge in [-0.15, -0.1) is 0 Å². The number of esters is 1. The van der Waals surface area contributed by atoms with E-state index >= 15 is 0 Å². The Kier molecular flexibility index (Phi) is 3.87. The third kappa shape index (κ3) is 2.54. The van der Waals surface area contributed by atoms with E-state index in [-0.39, 0.29) is 12.1 Å². The maximum atomic E-state index is 11.9. The molecule has 0 saturated carbocycles. The lowest BCUT2D eigenvalue weighted by Crippen LogP contribution is -2.11. The minimum Gasteiger partial charge on any atom is -0.490 e. The summed E-state index contributed by atoms with van der Waals surface area (Å²) in [6.45, 7) is 6.02. The zero-order valence-corrected chi connectivity index (χ0v) is 10.4. The average molecular weight is 236 g/mol. The molecule has 1 aliphatic heterocycles. The summed E-state index contributed by atoms with van der Waals surface area (Å²) in [6.07, 6.45) is 6.96. The maximum absolute atomic E-state index is 11.9. The van der Waals surface area contributed by atoms with Crippen LogP contribution in [0.3, 0.4) is 0 Å². The van der Waals surface area contributed by atoms with Crippen molar-refractivity contribution in [1.82, 2.24) is 0 Å². The molecule has 3 nitrogen and oxygen atoms in total. The zero-order valence-electron chi connectivity index (χ0n) is 10.4. The van der Waals surface area contributed by atoms with Gasteiger partial charge in [-0.2, -0.15) is 0 Å². The smallest absolute Gasteiger partial charge is 0.337 e. The molecule has 2 atom stereocenters. The molecule has 2 rings (SSSR count). The highest BCUT2D eigenvalue weighted by Crippen LogP contribution is 2.40. The topological polar surface area (TPSA) is 35.5 Å². The van der Waals surface area contributed by atoms with E-state index in [0.717, 1.165) is 43.4 Å². The highest BCUT2D eigenvalue weighted by Gasteiger charge is 2.35. The fraction of sp³-hybridized carbons (Fsp3) is 0.643. The van der Waals surface area contributed by atoms with Crippen molar-refractivity contribution in [1.29, 1.82) is 0 Å². The Morgan fingerprint density at radius 2 is 2.41 bits per heavy atom. The monoisotopic (exact) mass is 236 g/mol. The fourth-order valence-electron chi connectivity index (χ4n) is 2.64. The molecule has 1 aliphatic carbocycles. The molecule has 0 amide bonds. The number of ether oxygens (including phenoxy) is 2. The van der Waals surface area contributed by atoms with Crippen LogP contribution in [0.25, 0.3) is 0 Å². The molecule has 0 bridgehead atoms. The molecule has 17 heavy (non-hydrogen) atoms. The molecular weight excluding hydrogens is 216 g/mol. The van der Waals surface area contributed by atoms with Gasteiger partial charge < -0.3 is 9.47 Å². The van der Waals surface area contributed by atoms with Crippen LogP contribution in [0.1, 0.15) is 39.0 Å². The lowest BCUT2D eigenvalue weighted by atomic mass is 9.97. The first-order chi connectivity index (χ1) is 8.26. The van der Waals surface area contributed by atoms with Crippen LogP contribution in [0.2, 0.25) is 0 Å². The van der Waals surface area contributed by atoms with Crippen LogP contribution in [-0.2, 0) is 14.3 Å². The van der Waals surface area contributed by atoms with Gasteiger partial charge in [-0.25, -0.2) is 4.79 Å². The van der Waals surface area contributed by atoms with Crippen LogP contribution < -0.4 is 0 Å². The van der Waals surface area contributed by atoms with Crippen LogP contribution >= 0.6 is 0 Å². The number of rotatable bonds is 3. The van der Waals surface area contributed by atoms with E-state index in [4.69, 9.17) is 9.47 Å². The Balaban J connectivity index is 2.24. The van der Waals surface area contributed by atoms with Gasteiger partial charge >= 0.3 is 5.97 Å². The van der Waals surface area contributed by atoms with Crippen LogP contribution in [0.5, 0.6) is 0 Å². The molecule has 0 N–H and O–H groups in total. The minimum absolute atomic E-state index is 0.0672. The normalized spacial score (nSPS) is 28.1. The summed E-state index contributed by atoms with van der Waals surface area (Å²) in [5, 5.41) is 0. The van der Waals surface area contributed by atoms with Crippen molar-refractivity contribution in [2.24, 2.45) is 5.92 Å². The molecule has 0 radical (unpaired) electrons. The molecule has 1 saturated heterocycles. The second-order valence-electron chi connectivity index (χ2n) is 4.63. The van der Waals surface area contributed by atoms with E-state index in [1.807, 2.05) is 13.0 Å². The lowest BCUT2D eigenvalue weighted by molar-refractivity contribution is -0.139. The maximum Gasteiger partial charge on any atom is 0.337 e. The van der Waals surface area contributed by atoms with Gasteiger partial charge in [0.15, 0.2) is 0 Å². The van der Waals surface area contributed by atoms with E-state index in [9.17, 15) is 4.79 Å². The molecule has 0 spiro atoms. The van der Waals surface area contributed by atoms with Crippen molar-refractivity contribution in [3.05, 3.63) is 24.0 Å². The Bertz CT molecular complexity index is 343. The highest BCUT2D eigenvalue weighted by molar-refractivity contribution is 5.89. The third-order valence-electron chi connectivity index (χ3n) is 3.48. The summed E-state index contributed by atoms with van der Waals surface area (Å²) in [4.78, 5) is 11.9. The largest absolute Gasteiger partial charge is 0.490 e. The van der Waals surface area contributed by atoms with Crippen molar-refractivity contribution in [2.45, 2.75) is 45.1 Å². The van der Waals surface area contributed by atoms with E-state index in [0.29, 0.717) is 12.5 Å². The predicted octanol–water partition coefficient (Wildman–Crippen LogP) is 2.97. The molecular formula is C14H20O3. The molecule has 3 heteroatoms. The van der Waals surface area contributed by atoms with Gasteiger partial charge in [0, 0.05) is 5.92 Å². The van der Waals surface area contributed by atoms with E-state index in [2.05, 4.69) is 6.58 Å². The number of hydrogen-bond donors (Lipinski definition) is 0. The number of allylic oxidation sites excluding steroid dienone is 1. The van der Waals surface area contributed by atoms with Crippen LogP contribution in [0, 0.1) is 5.92 Å². The van der Waals surface area contributed by atoms with Gasteiger partial charge in [0.1, 0.15) is 11.9 Å². The van der Waals surface area contributed by atoms with Gasteiger partial charge in [-0.3, -0.25) is 0 Å². The summed E-state index contributed by atoms with van der Waals surface area (Å²) < 4.78 is 10.9. The fourth-order valence-corrected chi connectivity index (χ4v) is 2.64. The van der Waals surface area contributed by atoms with E-state index in [1.54, 1.807) is 0 Å². The standard InChI is InChI=1S/C14H20O3/c1-3-11-9-10-7-5-6-8-12(13(10)17-11)14(15)16-4-2/h3,10-11H,1,4-9H2,2H3/t10-,11+/m1/s1. The van der Waals surface area contributed by atoms with E-state index < -0.39 is 0 Å². The Morgan fingerprint density at radius 1 is 1.59 bits per heavy atom. The first-order valence-corrected chi connectivity index (χ1v) is 6.45. The average Bonchev–Trinajstić information content (AvgIpc) is 2.63. The van der Waals surface area contributed by atoms with Gasteiger partial charge in [0.25, 0.3) is 0 Å². The second-order valence-corrected chi connectivity index (χ2v) is 4.63. The molecule has 1 fully saturated rings. The molecule has 0 aromatic rings. The number of hydrogen-bond acceptors (Lipinski definition) is 3. The number of carbonyl (C=O) groups excluding carboxylic acids is 1. The summed E-state index contributed by atoms with van der Waals surface area (Å²) in [5.41, 5.74) is 0.763. The molecule has 2 aliphatic rings. The summed E-state index contributed by atoms with van der Waals surface area (Å²) in [5.74, 6) is 1.07. The molecule has 0 aromatic heterocycles. The van der Waals surface area contributed by atoms with Crippen molar-refractivity contribution < 1.29 is 14.3 Å². The molecule has 94 valence electrons. The van der Waals surface area contributed by atoms with Gasteiger partial charge in [-0.1, -0.05) is 19.1 Å². The van der Waals surface area contributed by atoms with Gasteiger partial charge in [0.2, 0.25) is 0 Å². The summed E-state index contributed by atoms with van der Waals surface area (Å²) >= 11 is 0. The van der Waals surface area contributed by atoms with Crippen molar-refractivity contribution in [2.75, 3.05) is 6.61 Å². The van der Waals surface area contributed by atoms with Crippen LogP contribution in [0.15, 0.2) is 24.0 Å². The highest BCUT2D eigenvalue weighted by atomic mass is 16.5. The second kappa shape index (κ2) is 5.39. The summed E-state index contributed by atoms with van der Waals surface area (Å²) in [7, 11) is 0. The van der Waals surface area contributed by atoms with Crippen molar-refractivity contribution in [3.8, 4) is 0 Å². The predicted molar refractivity (Wildman–Crippen MR) is 65.3 cm³/mol. The quantitative estimate of drug-likeness (QED) is 0.558. The lowest BCUT2D eigenvalue weighted by Gasteiger charge is -2.11. The minimum atomic E-state index is -0.195. The van der Waals surface area contributed by atoms with Crippen molar-refractivity contribution in [3.63, 3.8) is 0 Å². The first kappa shape index (κ1) is 12.2. The Labute approximate surface area is 102 Å². The van der Waals surface area contributed by atoms with Crippen molar-refractivity contribution >= 4 is 5.97 Å². The summed E-state index contributed by atoms with van der Waals surface area (Å²) in [6, 6.07) is 0. The van der Waals surface area contributed by atoms with Crippen LogP contribution in [-0.4, -0.2) is 18.7 Å². The third-order valence-corrected chi connectivity index (χ3v) is 3.48. The van der Waals surface area contributed by atoms with Gasteiger partial charge in [-0.05, 0) is 32.6 Å². The first-order valence-electron chi connectivity index (χ1n) is 6.45. The Morgan fingerprint density at radius 3 is 3.12 bits per heavy atom. The Hall–Kier alpha value is -1.25. The van der Waals surface area contributed by atoms with Crippen LogP contribution in [0.4, 0.5) is 0 Å². The zero-order chi connectivity index (χ0) is 12.3. The molecule has 1 heterocycles. The number of carbonyl (C=O) groups is 1. The SMILES string of the molecule is C=C[C@H]1C[C@H]2CCCCC(C(=O)OCC)=C2O1.